The van der Waals surface area contributed by atoms with Crippen LogP contribution in [0.2, 0.25) is 5.02 Å². The summed E-state index contributed by atoms with van der Waals surface area (Å²) in [5.41, 5.74) is 5.83. The molecular formula is C21H25ClN4O4S. The molecule has 1 saturated carbocycles. The number of hydrogen-bond acceptors (Lipinski definition) is 7. The average Bonchev–Trinajstić information content (AvgIpc) is 3.20. The number of rotatable bonds is 7. The van der Waals surface area contributed by atoms with Crippen molar-refractivity contribution in [1.82, 2.24) is 9.97 Å². The first kappa shape index (κ1) is 23.3. The lowest BCUT2D eigenvalue weighted by Gasteiger charge is -2.31. The molecule has 1 unspecified atom stereocenters. The summed E-state index contributed by atoms with van der Waals surface area (Å²) in [5, 5.41) is 2.69. The molecule has 8 nitrogen and oxygen atoms in total. The average molecular weight is 465 g/mol. The van der Waals surface area contributed by atoms with Crippen LogP contribution in [-0.2, 0) is 20.2 Å². The highest BCUT2D eigenvalue weighted by atomic mass is 35.5. The van der Waals surface area contributed by atoms with E-state index in [2.05, 4.69) is 15.3 Å². The Hall–Kier alpha value is -2.36. The fraction of sp³-hybridized carbons (Fsp3) is 0.429. The van der Waals surface area contributed by atoms with Gasteiger partial charge in [0.25, 0.3) is 0 Å². The molecule has 0 saturated heterocycles. The lowest BCUT2D eigenvalue weighted by molar-refractivity contribution is -0.122. The summed E-state index contributed by atoms with van der Waals surface area (Å²) in [6.07, 6.45) is 8.12. The van der Waals surface area contributed by atoms with Crippen LogP contribution in [0.5, 0.6) is 0 Å². The van der Waals surface area contributed by atoms with Crippen LogP contribution in [0.3, 0.4) is 0 Å². The van der Waals surface area contributed by atoms with Crippen molar-refractivity contribution in [3.05, 3.63) is 46.9 Å². The molecule has 0 spiro atoms. The second-order valence-electron chi connectivity index (χ2n) is 8.04. The number of carbonyl (C=O) groups excluding carboxylic acids is 2. The lowest BCUT2D eigenvalue weighted by Crippen LogP contribution is -2.49. The van der Waals surface area contributed by atoms with Crippen molar-refractivity contribution in [2.24, 2.45) is 11.7 Å². The van der Waals surface area contributed by atoms with E-state index in [9.17, 15) is 18.0 Å². The molecule has 31 heavy (non-hydrogen) atoms. The van der Waals surface area contributed by atoms with Crippen molar-refractivity contribution < 1.29 is 18.0 Å². The van der Waals surface area contributed by atoms with E-state index in [0.717, 1.165) is 31.9 Å². The van der Waals surface area contributed by atoms with Crippen LogP contribution in [0, 0.1) is 5.92 Å². The van der Waals surface area contributed by atoms with Gasteiger partial charge in [0.15, 0.2) is 21.4 Å². The number of Topliss-reactive ketones (excluding diaryl/α,β-unsaturated/α-hetero) is 1. The fourth-order valence-corrected chi connectivity index (χ4v) is 5.22. The van der Waals surface area contributed by atoms with E-state index in [1.807, 2.05) is 0 Å². The molecule has 3 rings (SSSR count). The van der Waals surface area contributed by atoms with Gasteiger partial charge < -0.3 is 11.1 Å². The number of halogens is 1. The number of sulfone groups is 1. The van der Waals surface area contributed by atoms with E-state index in [1.54, 1.807) is 0 Å². The van der Waals surface area contributed by atoms with Gasteiger partial charge in [0, 0.05) is 13.2 Å². The van der Waals surface area contributed by atoms with Crippen molar-refractivity contribution in [2.45, 2.75) is 49.5 Å². The van der Waals surface area contributed by atoms with E-state index in [0.29, 0.717) is 12.0 Å². The number of benzene rings is 1. The molecule has 1 atom stereocenters. The third kappa shape index (κ3) is 5.28. The maximum Gasteiger partial charge on any atom is 0.250 e. The molecule has 3 N–H and O–H groups in total. The van der Waals surface area contributed by atoms with Gasteiger partial charge in [-0.25, -0.2) is 18.4 Å². The molecule has 1 heterocycles. The van der Waals surface area contributed by atoms with E-state index in [1.165, 1.54) is 37.5 Å². The Bertz CT molecular complexity index is 1100. The zero-order valence-corrected chi connectivity index (χ0v) is 19.0. The van der Waals surface area contributed by atoms with Crippen molar-refractivity contribution >= 4 is 38.9 Å². The number of ketones is 1. The quantitative estimate of drug-likeness (QED) is 0.601. The number of hydrogen-bond donors (Lipinski definition) is 2. The van der Waals surface area contributed by atoms with Gasteiger partial charge in [-0.15, -0.1) is 0 Å². The minimum atomic E-state index is -3.52. The Kier molecular flexibility index (Phi) is 6.78. The fourth-order valence-electron chi connectivity index (χ4n) is 3.89. The molecule has 1 fully saturated rings. The van der Waals surface area contributed by atoms with Gasteiger partial charge >= 0.3 is 0 Å². The summed E-state index contributed by atoms with van der Waals surface area (Å²) in [4.78, 5) is 32.7. The molecule has 1 aliphatic rings. The largest absolute Gasteiger partial charge is 0.314 e. The highest BCUT2D eigenvalue weighted by Gasteiger charge is 2.40. The molecule has 1 aromatic heterocycles. The van der Waals surface area contributed by atoms with Gasteiger partial charge in [-0.2, -0.15) is 0 Å². The highest BCUT2D eigenvalue weighted by molar-refractivity contribution is 7.90. The summed E-state index contributed by atoms with van der Waals surface area (Å²) < 4.78 is 23.8. The standard InChI is InChI=1S/C21H25ClN4O4S/c1-13(27)17-11-25-19(12-24-17)26-20(28)21(23,10-14-5-3-4-6-14)15-7-8-18(16(22)9-15)31(2,29)30/h7-9,11-12,14H,3-6,10,23H2,1-2H3,(H,25,26,28). The number of amides is 1. The molecule has 1 aromatic carbocycles. The third-order valence-corrected chi connectivity index (χ3v) is 7.17. The number of anilines is 1. The molecule has 166 valence electrons. The number of carbonyl (C=O) groups is 2. The SMILES string of the molecule is CC(=O)c1cnc(NC(=O)C(N)(CC2CCCC2)c2ccc(S(C)(=O)=O)c(Cl)c2)cn1. The van der Waals surface area contributed by atoms with Gasteiger partial charge in [-0.05, 0) is 30.0 Å². The zero-order valence-electron chi connectivity index (χ0n) is 17.4. The Balaban J connectivity index is 1.95. The van der Waals surface area contributed by atoms with Crippen LogP contribution in [0.4, 0.5) is 5.82 Å². The summed E-state index contributed by atoms with van der Waals surface area (Å²) >= 11 is 6.23. The normalized spacial score (nSPS) is 16.6. The van der Waals surface area contributed by atoms with Crippen molar-refractivity contribution in [3.8, 4) is 0 Å². The Morgan fingerprint density at radius 3 is 2.42 bits per heavy atom. The van der Waals surface area contributed by atoms with Crippen LogP contribution in [0.25, 0.3) is 0 Å². The first-order chi connectivity index (χ1) is 14.5. The Morgan fingerprint density at radius 1 is 1.23 bits per heavy atom. The molecule has 1 aliphatic carbocycles. The smallest absolute Gasteiger partial charge is 0.250 e. The van der Waals surface area contributed by atoms with Crippen LogP contribution >= 0.6 is 11.6 Å². The maximum atomic E-state index is 13.3. The van der Waals surface area contributed by atoms with Crippen LogP contribution in [0.15, 0.2) is 35.5 Å². The molecule has 0 radical (unpaired) electrons. The Morgan fingerprint density at radius 2 is 1.90 bits per heavy atom. The second-order valence-corrected chi connectivity index (χ2v) is 10.4. The number of nitrogens with one attached hydrogen (secondary N) is 1. The van der Waals surface area contributed by atoms with E-state index < -0.39 is 21.3 Å². The van der Waals surface area contributed by atoms with Gasteiger partial charge in [0.2, 0.25) is 5.91 Å². The topological polar surface area (TPSA) is 132 Å². The van der Waals surface area contributed by atoms with Gasteiger partial charge in [-0.3, -0.25) is 9.59 Å². The molecule has 2 aromatic rings. The van der Waals surface area contributed by atoms with Crippen molar-refractivity contribution in [3.63, 3.8) is 0 Å². The highest BCUT2D eigenvalue weighted by Crippen LogP contribution is 2.37. The first-order valence-electron chi connectivity index (χ1n) is 9.94. The van der Waals surface area contributed by atoms with E-state index >= 15 is 0 Å². The third-order valence-electron chi connectivity index (χ3n) is 5.59. The van der Waals surface area contributed by atoms with Crippen molar-refractivity contribution in [1.29, 1.82) is 0 Å². The summed E-state index contributed by atoms with van der Waals surface area (Å²) in [5.74, 6) is -0.321. The van der Waals surface area contributed by atoms with Crippen LogP contribution < -0.4 is 11.1 Å². The molecule has 0 bridgehead atoms. The van der Waals surface area contributed by atoms with Gasteiger partial charge in [0.1, 0.15) is 11.2 Å². The monoisotopic (exact) mass is 464 g/mol. The molecular weight excluding hydrogens is 440 g/mol. The number of nitrogens with two attached hydrogens (primary N) is 1. The minimum Gasteiger partial charge on any atom is -0.314 e. The van der Waals surface area contributed by atoms with Gasteiger partial charge in [-0.1, -0.05) is 43.4 Å². The summed E-state index contributed by atoms with van der Waals surface area (Å²) in [6, 6.07) is 4.34. The van der Waals surface area contributed by atoms with Gasteiger partial charge in [0.05, 0.1) is 22.3 Å². The molecule has 1 amide bonds. The minimum absolute atomic E-state index is 0.0136. The summed E-state index contributed by atoms with van der Waals surface area (Å²) in [6.45, 7) is 1.37. The number of aromatic nitrogens is 2. The number of nitrogens with zero attached hydrogens (tertiary/aromatic N) is 2. The predicted octanol–water partition coefficient (Wildman–Crippen LogP) is 3.11. The summed E-state index contributed by atoms with van der Waals surface area (Å²) in [7, 11) is -3.52. The predicted molar refractivity (Wildman–Crippen MR) is 118 cm³/mol. The van der Waals surface area contributed by atoms with Crippen LogP contribution in [-0.4, -0.2) is 36.3 Å². The Labute approximate surface area is 186 Å². The zero-order chi connectivity index (χ0) is 22.8. The second kappa shape index (κ2) is 9.02. The first-order valence-corrected chi connectivity index (χ1v) is 12.2. The maximum absolute atomic E-state index is 13.3. The van der Waals surface area contributed by atoms with Crippen molar-refractivity contribution in [2.75, 3.05) is 11.6 Å². The van der Waals surface area contributed by atoms with E-state index in [4.69, 9.17) is 17.3 Å². The van der Waals surface area contributed by atoms with Crippen LogP contribution in [0.1, 0.15) is 55.1 Å². The van der Waals surface area contributed by atoms with E-state index in [-0.39, 0.29) is 33.1 Å². The molecule has 0 aliphatic heterocycles. The molecule has 10 heteroatoms. The lowest BCUT2D eigenvalue weighted by atomic mass is 9.80.